The number of aryl methyl sites for hydroxylation is 1. The summed E-state index contributed by atoms with van der Waals surface area (Å²) >= 11 is 0. The molecule has 0 atom stereocenters. The molecule has 1 aromatic rings. The van der Waals surface area contributed by atoms with Crippen LogP contribution in [0, 0.1) is 5.92 Å². The van der Waals surface area contributed by atoms with Crippen LogP contribution in [0.5, 0.6) is 0 Å². The smallest absolute Gasteiger partial charge is 0.243 e. The van der Waals surface area contributed by atoms with Crippen LogP contribution in [0.25, 0.3) is 0 Å². The Morgan fingerprint density at radius 1 is 1.18 bits per heavy atom. The molecule has 0 aromatic heterocycles. The summed E-state index contributed by atoms with van der Waals surface area (Å²) < 4.78 is 32.0. The highest BCUT2D eigenvalue weighted by Gasteiger charge is 2.30. The first-order valence-corrected chi connectivity index (χ1v) is 11.7. The van der Waals surface area contributed by atoms with Crippen LogP contribution >= 0.6 is 0 Å². The molecule has 1 aliphatic heterocycles. The summed E-state index contributed by atoms with van der Waals surface area (Å²) in [7, 11) is -3.47. The SMILES string of the molecule is CC1CCC(C)(NC(=O)CCc2ccc(S(=O)(=O)N3CCOCC3)cc2)CC1. The quantitative estimate of drug-likeness (QED) is 0.785. The van der Waals surface area contributed by atoms with Gasteiger partial charge in [-0.25, -0.2) is 8.42 Å². The molecule has 2 fully saturated rings. The molecule has 0 bridgehead atoms. The Labute approximate surface area is 168 Å². The Bertz CT molecular complexity index is 762. The monoisotopic (exact) mass is 408 g/mol. The Morgan fingerprint density at radius 3 is 2.39 bits per heavy atom. The molecule has 2 aliphatic rings. The predicted molar refractivity (Wildman–Crippen MR) is 109 cm³/mol. The van der Waals surface area contributed by atoms with Gasteiger partial charge >= 0.3 is 0 Å². The molecule has 0 spiro atoms. The number of hydrogen-bond donors (Lipinski definition) is 1. The van der Waals surface area contributed by atoms with E-state index in [0.29, 0.717) is 44.0 Å². The summed E-state index contributed by atoms with van der Waals surface area (Å²) in [5.41, 5.74) is 0.887. The largest absolute Gasteiger partial charge is 0.379 e. The Kier molecular flexibility index (Phi) is 6.78. The zero-order valence-corrected chi connectivity index (χ0v) is 17.8. The van der Waals surface area contributed by atoms with Crippen molar-refractivity contribution in [3.63, 3.8) is 0 Å². The predicted octanol–water partition coefficient (Wildman–Crippen LogP) is 2.73. The summed E-state index contributed by atoms with van der Waals surface area (Å²) in [4.78, 5) is 12.7. The van der Waals surface area contributed by atoms with E-state index in [-0.39, 0.29) is 11.4 Å². The summed E-state index contributed by atoms with van der Waals surface area (Å²) in [6.45, 7) is 6.06. The number of sulfonamides is 1. The number of nitrogens with zero attached hydrogens (tertiary/aromatic N) is 1. The average Bonchev–Trinajstić information content (AvgIpc) is 2.70. The van der Waals surface area contributed by atoms with E-state index in [4.69, 9.17) is 4.74 Å². The minimum absolute atomic E-state index is 0.0714. The van der Waals surface area contributed by atoms with Gasteiger partial charge in [0.05, 0.1) is 18.1 Å². The minimum Gasteiger partial charge on any atom is -0.379 e. The van der Waals surface area contributed by atoms with Gasteiger partial charge in [-0.3, -0.25) is 4.79 Å². The Balaban J connectivity index is 1.52. The molecule has 3 rings (SSSR count). The first-order chi connectivity index (χ1) is 13.3. The molecule has 7 heteroatoms. The zero-order valence-electron chi connectivity index (χ0n) is 16.9. The highest BCUT2D eigenvalue weighted by atomic mass is 32.2. The van der Waals surface area contributed by atoms with Crippen LogP contribution in [0.1, 0.15) is 51.5 Å². The van der Waals surface area contributed by atoms with Crippen LogP contribution in [0.15, 0.2) is 29.2 Å². The van der Waals surface area contributed by atoms with Crippen molar-refractivity contribution < 1.29 is 17.9 Å². The van der Waals surface area contributed by atoms with E-state index in [1.54, 1.807) is 12.1 Å². The highest BCUT2D eigenvalue weighted by Crippen LogP contribution is 2.31. The molecule has 1 heterocycles. The van der Waals surface area contributed by atoms with Crippen LogP contribution in [0.4, 0.5) is 0 Å². The molecule has 6 nitrogen and oxygen atoms in total. The fourth-order valence-corrected chi connectivity index (χ4v) is 5.35. The number of hydrogen-bond acceptors (Lipinski definition) is 4. The Hall–Kier alpha value is -1.44. The molecule has 1 saturated carbocycles. The van der Waals surface area contributed by atoms with Gasteiger partial charge in [0.2, 0.25) is 15.9 Å². The van der Waals surface area contributed by atoms with Crippen molar-refractivity contribution in [3.05, 3.63) is 29.8 Å². The van der Waals surface area contributed by atoms with E-state index in [0.717, 1.165) is 37.2 Å². The molecular formula is C21H32N2O4S. The van der Waals surface area contributed by atoms with Crippen LogP contribution in [0.3, 0.4) is 0 Å². The van der Waals surface area contributed by atoms with E-state index in [1.807, 2.05) is 12.1 Å². The van der Waals surface area contributed by atoms with E-state index in [9.17, 15) is 13.2 Å². The minimum atomic E-state index is -3.47. The lowest BCUT2D eigenvalue weighted by Crippen LogP contribution is -2.48. The van der Waals surface area contributed by atoms with Crippen LogP contribution in [0.2, 0.25) is 0 Å². The second-order valence-corrected chi connectivity index (χ2v) is 10.4. The number of nitrogens with one attached hydrogen (secondary N) is 1. The fourth-order valence-electron chi connectivity index (χ4n) is 3.95. The number of carbonyl (C=O) groups is 1. The van der Waals surface area contributed by atoms with Crippen molar-refractivity contribution >= 4 is 15.9 Å². The third-order valence-corrected chi connectivity index (χ3v) is 7.90. The van der Waals surface area contributed by atoms with E-state index >= 15 is 0 Å². The third kappa shape index (κ3) is 5.33. The fraction of sp³-hybridized carbons (Fsp3) is 0.667. The molecule has 1 N–H and O–H groups in total. The van der Waals surface area contributed by atoms with E-state index in [2.05, 4.69) is 19.2 Å². The maximum absolute atomic E-state index is 12.7. The number of rotatable bonds is 6. The number of carbonyl (C=O) groups excluding carboxylic acids is 1. The lowest BCUT2D eigenvalue weighted by atomic mass is 9.78. The van der Waals surface area contributed by atoms with Crippen LogP contribution < -0.4 is 5.32 Å². The molecule has 28 heavy (non-hydrogen) atoms. The van der Waals surface area contributed by atoms with E-state index in [1.165, 1.54) is 4.31 Å². The van der Waals surface area contributed by atoms with Crippen molar-refractivity contribution in [2.24, 2.45) is 5.92 Å². The maximum atomic E-state index is 12.7. The van der Waals surface area contributed by atoms with Gasteiger partial charge in [-0.05, 0) is 62.6 Å². The molecule has 0 radical (unpaired) electrons. The topological polar surface area (TPSA) is 75.7 Å². The number of benzene rings is 1. The first kappa shape index (κ1) is 21.3. The van der Waals surface area contributed by atoms with E-state index < -0.39 is 10.0 Å². The van der Waals surface area contributed by atoms with Gasteiger partial charge in [0, 0.05) is 25.0 Å². The Morgan fingerprint density at radius 2 is 1.79 bits per heavy atom. The second-order valence-electron chi connectivity index (χ2n) is 8.45. The lowest BCUT2D eigenvalue weighted by molar-refractivity contribution is -0.123. The summed E-state index contributed by atoms with van der Waals surface area (Å²) in [6.07, 6.45) is 5.42. The number of morpholine rings is 1. The van der Waals surface area contributed by atoms with Crippen molar-refractivity contribution in [1.82, 2.24) is 9.62 Å². The molecule has 1 saturated heterocycles. The summed E-state index contributed by atoms with van der Waals surface area (Å²) in [6, 6.07) is 6.90. The van der Waals surface area contributed by atoms with Crippen LogP contribution in [-0.2, 0) is 26.0 Å². The van der Waals surface area contributed by atoms with Crippen molar-refractivity contribution in [3.8, 4) is 0 Å². The number of ether oxygens (including phenoxy) is 1. The normalized spacial score (nSPS) is 26.7. The lowest BCUT2D eigenvalue weighted by Gasteiger charge is -2.37. The molecule has 156 valence electrons. The van der Waals surface area contributed by atoms with Crippen LogP contribution in [-0.4, -0.2) is 50.5 Å². The first-order valence-electron chi connectivity index (χ1n) is 10.3. The van der Waals surface area contributed by atoms with Gasteiger partial charge in [-0.1, -0.05) is 19.1 Å². The van der Waals surface area contributed by atoms with Gasteiger partial charge in [-0.2, -0.15) is 4.31 Å². The second kappa shape index (κ2) is 8.93. The van der Waals surface area contributed by atoms with Crippen molar-refractivity contribution in [2.75, 3.05) is 26.3 Å². The highest BCUT2D eigenvalue weighted by molar-refractivity contribution is 7.89. The van der Waals surface area contributed by atoms with Gasteiger partial charge in [0.15, 0.2) is 0 Å². The van der Waals surface area contributed by atoms with Gasteiger partial charge in [-0.15, -0.1) is 0 Å². The third-order valence-electron chi connectivity index (χ3n) is 5.99. The molecule has 1 amide bonds. The van der Waals surface area contributed by atoms with Gasteiger partial charge < -0.3 is 10.1 Å². The molecular weight excluding hydrogens is 376 g/mol. The molecule has 1 aromatic carbocycles. The number of amides is 1. The van der Waals surface area contributed by atoms with Crippen molar-refractivity contribution in [1.29, 1.82) is 0 Å². The molecule has 0 unspecified atom stereocenters. The molecule has 1 aliphatic carbocycles. The van der Waals surface area contributed by atoms with Crippen molar-refractivity contribution in [2.45, 2.75) is 62.8 Å². The summed E-state index contributed by atoms with van der Waals surface area (Å²) in [5.74, 6) is 0.819. The standard InChI is InChI=1S/C21H32N2O4S/c1-17-9-11-21(2,12-10-17)22-20(24)8-5-18-3-6-19(7-4-18)28(25,26)23-13-15-27-16-14-23/h3-4,6-7,17H,5,8-16H2,1-2H3,(H,22,24). The zero-order chi connectivity index (χ0) is 20.2. The average molecular weight is 409 g/mol. The van der Waals surface area contributed by atoms with Gasteiger partial charge in [0.25, 0.3) is 0 Å². The maximum Gasteiger partial charge on any atom is 0.243 e. The summed E-state index contributed by atoms with van der Waals surface area (Å²) in [5, 5.41) is 3.21. The van der Waals surface area contributed by atoms with Gasteiger partial charge in [0.1, 0.15) is 0 Å².